The van der Waals surface area contributed by atoms with Gasteiger partial charge in [0.25, 0.3) is 0 Å². The summed E-state index contributed by atoms with van der Waals surface area (Å²) in [5, 5.41) is 3.73. The molecule has 1 amide bonds. The number of carbonyl (C=O) groups is 1. The number of carbonyl (C=O) groups excluding carboxylic acids is 1. The van der Waals surface area contributed by atoms with E-state index in [1.165, 1.54) is 0 Å². The molecule has 0 radical (unpaired) electrons. The zero-order valence-electron chi connectivity index (χ0n) is 10.7. The number of nitrogens with zero attached hydrogens (tertiary/aromatic N) is 1. The predicted octanol–water partition coefficient (Wildman–Crippen LogP) is 1.61. The number of hydrogen-bond acceptors (Lipinski definition) is 4. The van der Waals surface area contributed by atoms with Gasteiger partial charge in [-0.3, -0.25) is 9.78 Å². The van der Waals surface area contributed by atoms with Gasteiger partial charge < -0.3 is 5.32 Å². The van der Waals surface area contributed by atoms with Gasteiger partial charge in [0, 0.05) is 11.6 Å². The van der Waals surface area contributed by atoms with Gasteiger partial charge in [-0.15, -0.1) is 0 Å². The maximum atomic E-state index is 12.1. The normalized spacial score (nSPS) is 20.9. The van der Waals surface area contributed by atoms with Crippen molar-refractivity contribution in [1.29, 1.82) is 0 Å². The molecule has 104 valence electrons. The van der Waals surface area contributed by atoms with Crippen LogP contribution in [0, 0.1) is 5.92 Å². The Labute approximate surface area is 116 Å². The molecule has 1 aromatic carbocycles. The molecule has 0 spiro atoms. The molecule has 6 heteroatoms. The summed E-state index contributed by atoms with van der Waals surface area (Å²) < 4.78 is 22.8. The molecule has 1 unspecified atom stereocenters. The second-order valence-corrected chi connectivity index (χ2v) is 7.20. The van der Waals surface area contributed by atoms with Crippen LogP contribution in [0.1, 0.15) is 6.42 Å². The third-order valence-electron chi connectivity index (χ3n) is 3.49. The van der Waals surface area contributed by atoms with E-state index in [0.717, 1.165) is 5.39 Å². The monoisotopic (exact) mass is 290 g/mol. The average molecular weight is 290 g/mol. The van der Waals surface area contributed by atoms with Crippen molar-refractivity contribution in [2.24, 2.45) is 5.92 Å². The lowest BCUT2D eigenvalue weighted by atomic mass is 10.1. The lowest BCUT2D eigenvalue weighted by Gasteiger charge is -2.11. The maximum absolute atomic E-state index is 12.1. The molecular weight excluding hydrogens is 276 g/mol. The van der Waals surface area contributed by atoms with Crippen LogP contribution < -0.4 is 5.32 Å². The predicted molar refractivity (Wildman–Crippen MR) is 77.1 cm³/mol. The summed E-state index contributed by atoms with van der Waals surface area (Å²) in [6.07, 6.45) is 2.06. The Kier molecular flexibility index (Phi) is 3.17. The summed E-state index contributed by atoms with van der Waals surface area (Å²) in [5.41, 5.74) is 1.33. The van der Waals surface area contributed by atoms with E-state index in [2.05, 4.69) is 10.3 Å². The fraction of sp³-hybridized carbons (Fsp3) is 0.286. The molecule has 1 saturated heterocycles. The SMILES string of the molecule is O=C(Nc1cccc2cccnc12)C1CCS(=O)(=O)C1. The van der Waals surface area contributed by atoms with Crippen molar-refractivity contribution in [1.82, 2.24) is 4.98 Å². The number of amides is 1. The molecule has 2 aromatic rings. The first-order valence-electron chi connectivity index (χ1n) is 6.40. The highest BCUT2D eigenvalue weighted by atomic mass is 32.2. The molecule has 1 aliphatic heterocycles. The molecule has 1 aromatic heterocycles. The van der Waals surface area contributed by atoms with Gasteiger partial charge in [0.15, 0.2) is 9.84 Å². The zero-order chi connectivity index (χ0) is 14.2. The maximum Gasteiger partial charge on any atom is 0.228 e. The molecule has 3 rings (SSSR count). The first-order valence-corrected chi connectivity index (χ1v) is 8.22. The number of benzene rings is 1. The van der Waals surface area contributed by atoms with Crippen LogP contribution in [0.2, 0.25) is 0 Å². The van der Waals surface area contributed by atoms with Crippen molar-refractivity contribution in [2.75, 3.05) is 16.8 Å². The van der Waals surface area contributed by atoms with E-state index < -0.39 is 15.8 Å². The first kappa shape index (κ1) is 13.1. The van der Waals surface area contributed by atoms with Crippen LogP contribution in [0.4, 0.5) is 5.69 Å². The van der Waals surface area contributed by atoms with Gasteiger partial charge in [-0.05, 0) is 18.6 Å². The molecule has 5 nitrogen and oxygen atoms in total. The number of para-hydroxylation sites is 1. The molecule has 1 fully saturated rings. The highest BCUT2D eigenvalue weighted by molar-refractivity contribution is 7.91. The zero-order valence-corrected chi connectivity index (χ0v) is 11.6. The van der Waals surface area contributed by atoms with Crippen molar-refractivity contribution in [2.45, 2.75) is 6.42 Å². The van der Waals surface area contributed by atoms with E-state index in [4.69, 9.17) is 0 Å². The number of hydrogen-bond donors (Lipinski definition) is 1. The van der Waals surface area contributed by atoms with Crippen molar-refractivity contribution in [3.8, 4) is 0 Å². The Morgan fingerprint density at radius 2 is 2.05 bits per heavy atom. The van der Waals surface area contributed by atoms with Crippen LogP contribution in [0.25, 0.3) is 10.9 Å². The summed E-state index contributed by atoms with van der Waals surface area (Å²) in [7, 11) is -3.05. The van der Waals surface area contributed by atoms with Gasteiger partial charge in [0.05, 0.1) is 28.6 Å². The van der Waals surface area contributed by atoms with Crippen LogP contribution in [0.5, 0.6) is 0 Å². The number of anilines is 1. The third kappa shape index (κ3) is 2.51. The van der Waals surface area contributed by atoms with Gasteiger partial charge in [-0.25, -0.2) is 8.42 Å². The van der Waals surface area contributed by atoms with E-state index >= 15 is 0 Å². The standard InChI is InChI=1S/C14H14N2O3S/c17-14(11-6-8-20(18,19)9-11)16-12-5-1-3-10-4-2-7-15-13(10)12/h1-5,7,11H,6,8-9H2,(H,16,17). The van der Waals surface area contributed by atoms with Crippen LogP contribution >= 0.6 is 0 Å². The number of rotatable bonds is 2. The molecule has 1 N–H and O–H groups in total. The molecule has 0 saturated carbocycles. The Morgan fingerprint density at radius 1 is 1.25 bits per heavy atom. The smallest absolute Gasteiger partial charge is 0.228 e. The molecule has 20 heavy (non-hydrogen) atoms. The van der Waals surface area contributed by atoms with Gasteiger partial charge in [0.1, 0.15) is 0 Å². The van der Waals surface area contributed by atoms with Gasteiger partial charge in [0.2, 0.25) is 5.91 Å². The molecule has 1 aliphatic rings. The summed E-state index contributed by atoms with van der Waals surface area (Å²) in [6.45, 7) is 0. The van der Waals surface area contributed by atoms with Crippen LogP contribution in [0.15, 0.2) is 36.5 Å². The van der Waals surface area contributed by atoms with Gasteiger partial charge in [-0.2, -0.15) is 0 Å². The first-order chi connectivity index (χ1) is 9.55. The summed E-state index contributed by atoms with van der Waals surface area (Å²) in [5.74, 6) is -0.668. The number of aromatic nitrogens is 1. The van der Waals surface area contributed by atoms with Gasteiger partial charge in [-0.1, -0.05) is 18.2 Å². The molecule has 1 atom stereocenters. The Balaban J connectivity index is 1.85. The van der Waals surface area contributed by atoms with E-state index in [1.54, 1.807) is 12.3 Å². The Morgan fingerprint density at radius 3 is 2.80 bits per heavy atom. The fourth-order valence-electron chi connectivity index (χ4n) is 2.44. The minimum absolute atomic E-state index is 0.0585. The number of fused-ring (bicyclic) bond motifs is 1. The quantitative estimate of drug-likeness (QED) is 0.911. The number of nitrogens with one attached hydrogen (secondary N) is 1. The highest BCUT2D eigenvalue weighted by Crippen LogP contribution is 2.24. The molecular formula is C14H14N2O3S. The number of sulfone groups is 1. The summed E-state index contributed by atoms with van der Waals surface area (Å²) in [4.78, 5) is 16.4. The van der Waals surface area contributed by atoms with E-state index in [9.17, 15) is 13.2 Å². The fourth-order valence-corrected chi connectivity index (χ4v) is 4.18. The minimum atomic E-state index is -3.05. The topological polar surface area (TPSA) is 76.1 Å². The molecule has 2 heterocycles. The Bertz CT molecular complexity index is 766. The number of pyridine rings is 1. The second-order valence-electron chi connectivity index (χ2n) is 4.97. The highest BCUT2D eigenvalue weighted by Gasteiger charge is 2.33. The largest absolute Gasteiger partial charge is 0.324 e. The lowest BCUT2D eigenvalue weighted by Crippen LogP contribution is -2.23. The van der Waals surface area contributed by atoms with Crippen LogP contribution in [0.3, 0.4) is 0 Å². The van der Waals surface area contributed by atoms with Crippen molar-refractivity contribution >= 4 is 32.3 Å². The van der Waals surface area contributed by atoms with Crippen molar-refractivity contribution < 1.29 is 13.2 Å². The second kappa shape index (κ2) is 4.86. The molecule has 0 aliphatic carbocycles. The lowest BCUT2D eigenvalue weighted by molar-refractivity contribution is -0.119. The minimum Gasteiger partial charge on any atom is -0.324 e. The van der Waals surface area contributed by atoms with Crippen LogP contribution in [-0.2, 0) is 14.6 Å². The summed E-state index contributed by atoms with van der Waals surface area (Å²) >= 11 is 0. The van der Waals surface area contributed by atoms with Crippen molar-refractivity contribution in [3.05, 3.63) is 36.5 Å². The third-order valence-corrected chi connectivity index (χ3v) is 5.26. The van der Waals surface area contributed by atoms with Gasteiger partial charge >= 0.3 is 0 Å². The van der Waals surface area contributed by atoms with E-state index in [1.807, 2.05) is 24.3 Å². The Hall–Kier alpha value is -1.95. The molecule has 0 bridgehead atoms. The van der Waals surface area contributed by atoms with E-state index in [-0.39, 0.29) is 17.4 Å². The summed E-state index contributed by atoms with van der Waals surface area (Å²) in [6, 6.07) is 9.27. The van der Waals surface area contributed by atoms with E-state index in [0.29, 0.717) is 17.6 Å². The van der Waals surface area contributed by atoms with Crippen LogP contribution in [-0.4, -0.2) is 30.8 Å². The van der Waals surface area contributed by atoms with Crippen molar-refractivity contribution in [3.63, 3.8) is 0 Å². The average Bonchev–Trinajstić information content (AvgIpc) is 2.80.